The van der Waals surface area contributed by atoms with Crippen LogP contribution in [0.4, 0.5) is 0 Å². The summed E-state index contributed by atoms with van der Waals surface area (Å²) < 4.78 is 11.3. The topological polar surface area (TPSA) is 38.7 Å². The molecule has 2 aliphatic heterocycles. The largest absolute Gasteiger partial charge is 0.396 e. The summed E-state index contributed by atoms with van der Waals surface area (Å²) >= 11 is 0. The van der Waals surface area contributed by atoms with Crippen molar-refractivity contribution in [3.8, 4) is 0 Å². The number of rotatable bonds is 1. The summed E-state index contributed by atoms with van der Waals surface area (Å²) in [6, 6.07) is 0. The van der Waals surface area contributed by atoms with Gasteiger partial charge in [0.25, 0.3) is 0 Å². The van der Waals surface area contributed by atoms with E-state index in [1.165, 1.54) is 0 Å². The lowest BCUT2D eigenvalue weighted by molar-refractivity contribution is -0.146. The summed E-state index contributed by atoms with van der Waals surface area (Å²) in [5.41, 5.74) is -0.0436. The van der Waals surface area contributed by atoms with Crippen LogP contribution in [0.1, 0.15) is 19.3 Å². The summed E-state index contributed by atoms with van der Waals surface area (Å²) in [7, 11) is 0. The Morgan fingerprint density at radius 2 is 2.38 bits per heavy atom. The van der Waals surface area contributed by atoms with Crippen LogP contribution in [0.2, 0.25) is 0 Å². The summed E-state index contributed by atoms with van der Waals surface area (Å²) in [5.74, 6) is 0.610. The minimum absolute atomic E-state index is 0.0768. The van der Waals surface area contributed by atoms with Gasteiger partial charge in [-0.25, -0.2) is 0 Å². The standard InChI is InChI=1S/C10H16O3/c11-6-9-4-8(9)5-13-10(9)2-1-3-12-7-10/h8,11H,1-7H2. The first-order valence-electron chi connectivity index (χ1n) is 5.16. The van der Waals surface area contributed by atoms with Crippen LogP contribution in [0, 0.1) is 11.3 Å². The molecule has 0 aromatic carbocycles. The number of hydrogen-bond donors (Lipinski definition) is 1. The molecule has 2 heterocycles. The number of aliphatic hydroxyl groups excluding tert-OH is 1. The summed E-state index contributed by atoms with van der Waals surface area (Å²) in [5, 5.41) is 9.45. The van der Waals surface area contributed by atoms with Crippen LogP contribution >= 0.6 is 0 Å². The smallest absolute Gasteiger partial charge is 0.0997 e. The monoisotopic (exact) mass is 184 g/mol. The fourth-order valence-electron chi connectivity index (χ4n) is 3.17. The molecule has 3 fully saturated rings. The first kappa shape index (κ1) is 8.21. The fraction of sp³-hybridized carbons (Fsp3) is 1.00. The van der Waals surface area contributed by atoms with Crippen LogP contribution in [0.15, 0.2) is 0 Å². The first-order chi connectivity index (χ1) is 6.33. The highest BCUT2D eigenvalue weighted by atomic mass is 16.6. The van der Waals surface area contributed by atoms with Crippen LogP contribution in [0.5, 0.6) is 0 Å². The molecule has 0 aromatic heterocycles. The maximum absolute atomic E-state index is 9.45. The van der Waals surface area contributed by atoms with Gasteiger partial charge >= 0.3 is 0 Å². The molecule has 0 aromatic rings. The van der Waals surface area contributed by atoms with Gasteiger partial charge in [-0.1, -0.05) is 0 Å². The van der Waals surface area contributed by atoms with Crippen LogP contribution in [-0.2, 0) is 9.47 Å². The molecule has 0 bridgehead atoms. The molecule has 3 rings (SSSR count). The van der Waals surface area contributed by atoms with Crippen LogP contribution in [0.3, 0.4) is 0 Å². The number of fused-ring (bicyclic) bond motifs is 2. The average Bonchev–Trinajstić information content (AvgIpc) is 2.86. The van der Waals surface area contributed by atoms with Crippen molar-refractivity contribution in [1.29, 1.82) is 0 Å². The normalized spacial score (nSPS) is 53.8. The Bertz CT molecular complexity index is 218. The van der Waals surface area contributed by atoms with E-state index in [0.29, 0.717) is 12.5 Å². The Morgan fingerprint density at radius 1 is 1.46 bits per heavy atom. The Kier molecular flexibility index (Phi) is 1.56. The predicted octanol–water partition coefficient (Wildman–Crippen LogP) is 0.564. The zero-order valence-corrected chi connectivity index (χ0v) is 7.79. The maximum Gasteiger partial charge on any atom is 0.0997 e. The van der Waals surface area contributed by atoms with Crippen molar-refractivity contribution in [3.63, 3.8) is 0 Å². The minimum Gasteiger partial charge on any atom is -0.396 e. The van der Waals surface area contributed by atoms with Crippen molar-refractivity contribution >= 4 is 0 Å². The highest BCUT2D eigenvalue weighted by molar-refractivity contribution is 5.19. The van der Waals surface area contributed by atoms with Crippen LogP contribution in [-0.4, -0.2) is 37.1 Å². The van der Waals surface area contributed by atoms with E-state index in [-0.39, 0.29) is 17.6 Å². The third-order valence-corrected chi connectivity index (χ3v) is 4.19. The second-order valence-electron chi connectivity index (χ2n) is 4.68. The van der Waals surface area contributed by atoms with E-state index >= 15 is 0 Å². The molecule has 3 unspecified atom stereocenters. The number of aliphatic hydroxyl groups is 1. The fourth-order valence-corrected chi connectivity index (χ4v) is 3.17. The molecule has 2 saturated heterocycles. The lowest BCUT2D eigenvalue weighted by atomic mass is 9.80. The van der Waals surface area contributed by atoms with Crippen LogP contribution in [0.25, 0.3) is 0 Å². The van der Waals surface area contributed by atoms with Crippen molar-refractivity contribution in [1.82, 2.24) is 0 Å². The molecular formula is C10H16O3. The predicted molar refractivity (Wildman–Crippen MR) is 46.4 cm³/mol. The molecular weight excluding hydrogens is 168 g/mol. The van der Waals surface area contributed by atoms with Crippen molar-refractivity contribution in [2.75, 3.05) is 26.4 Å². The molecule has 1 N–H and O–H groups in total. The molecule has 1 spiro atoms. The Labute approximate surface area is 78.0 Å². The molecule has 3 heteroatoms. The molecule has 3 nitrogen and oxygen atoms in total. The van der Waals surface area contributed by atoms with E-state index in [1.54, 1.807) is 0 Å². The molecule has 1 aliphatic carbocycles. The molecule has 13 heavy (non-hydrogen) atoms. The Morgan fingerprint density at radius 3 is 3.00 bits per heavy atom. The van der Waals surface area contributed by atoms with Gasteiger partial charge in [0.15, 0.2) is 0 Å². The van der Waals surface area contributed by atoms with Crippen molar-refractivity contribution in [2.24, 2.45) is 11.3 Å². The molecule has 3 aliphatic rings. The molecule has 1 saturated carbocycles. The van der Waals surface area contributed by atoms with E-state index in [2.05, 4.69) is 0 Å². The lowest BCUT2D eigenvalue weighted by Gasteiger charge is -2.39. The molecule has 74 valence electrons. The minimum atomic E-state index is -0.120. The summed E-state index contributed by atoms with van der Waals surface area (Å²) in [4.78, 5) is 0. The lowest BCUT2D eigenvalue weighted by Crippen LogP contribution is -2.48. The van der Waals surface area contributed by atoms with Gasteiger partial charge in [-0.05, 0) is 25.2 Å². The van der Waals surface area contributed by atoms with E-state index in [1.807, 2.05) is 0 Å². The summed E-state index contributed by atoms with van der Waals surface area (Å²) in [6.45, 7) is 2.67. The molecule has 3 atom stereocenters. The van der Waals surface area contributed by atoms with E-state index in [9.17, 15) is 5.11 Å². The second-order valence-corrected chi connectivity index (χ2v) is 4.68. The Balaban J connectivity index is 1.88. The van der Waals surface area contributed by atoms with Gasteiger partial charge in [0, 0.05) is 12.0 Å². The molecule has 0 amide bonds. The van der Waals surface area contributed by atoms with Gasteiger partial charge in [-0.3, -0.25) is 0 Å². The van der Waals surface area contributed by atoms with Gasteiger partial charge in [0.05, 0.1) is 25.4 Å². The molecule has 0 radical (unpaired) electrons. The SMILES string of the molecule is OCC12CC1COC21CCCOC1. The third kappa shape index (κ3) is 0.853. The number of hydrogen-bond acceptors (Lipinski definition) is 3. The average molecular weight is 184 g/mol. The number of ether oxygens (including phenoxy) is 2. The third-order valence-electron chi connectivity index (χ3n) is 4.19. The van der Waals surface area contributed by atoms with Crippen molar-refractivity contribution in [2.45, 2.75) is 24.9 Å². The van der Waals surface area contributed by atoms with Crippen molar-refractivity contribution < 1.29 is 14.6 Å². The summed E-state index contributed by atoms with van der Waals surface area (Å²) in [6.07, 6.45) is 3.30. The zero-order chi connectivity index (χ0) is 8.94. The van der Waals surface area contributed by atoms with Gasteiger partial charge in [-0.2, -0.15) is 0 Å². The van der Waals surface area contributed by atoms with Gasteiger partial charge < -0.3 is 14.6 Å². The van der Waals surface area contributed by atoms with Gasteiger partial charge in [0.2, 0.25) is 0 Å². The van der Waals surface area contributed by atoms with Gasteiger partial charge in [-0.15, -0.1) is 0 Å². The zero-order valence-electron chi connectivity index (χ0n) is 7.79. The highest BCUT2D eigenvalue weighted by Crippen LogP contribution is 2.67. The van der Waals surface area contributed by atoms with Crippen molar-refractivity contribution in [3.05, 3.63) is 0 Å². The highest BCUT2D eigenvalue weighted by Gasteiger charge is 2.71. The second kappa shape index (κ2) is 2.47. The Hall–Kier alpha value is -0.120. The quantitative estimate of drug-likeness (QED) is 0.647. The maximum atomic E-state index is 9.45. The van der Waals surface area contributed by atoms with Crippen LogP contribution < -0.4 is 0 Å². The van der Waals surface area contributed by atoms with E-state index in [0.717, 1.165) is 32.5 Å². The first-order valence-corrected chi connectivity index (χ1v) is 5.16. The van der Waals surface area contributed by atoms with E-state index < -0.39 is 0 Å². The van der Waals surface area contributed by atoms with E-state index in [4.69, 9.17) is 9.47 Å². The van der Waals surface area contributed by atoms with Gasteiger partial charge in [0.1, 0.15) is 0 Å².